The van der Waals surface area contributed by atoms with E-state index in [0.717, 1.165) is 17.5 Å². The first kappa shape index (κ1) is 14.9. The summed E-state index contributed by atoms with van der Waals surface area (Å²) >= 11 is 0. The highest BCUT2D eigenvalue weighted by Gasteiger charge is 2.43. The van der Waals surface area contributed by atoms with Crippen molar-refractivity contribution in [3.05, 3.63) is 71.3 Å². The van der Waals surface area contributed by atoms with Gasteiger partial charge in [-0.25, -0.2) is 0 Å². The van der Waals surface area contributed by atoms with Crippen molar-refractivity contribution in [2.24, 2.45) is 5.92 Å². The predicted octanol–water partition coefficient (Wildman–Crippen LogP) is 2.65. The summed E-state index contributed by atoms with van der Waals surface area (Å²) in [4.78, 5) is 26.3. The van der Waals surface area contributed by atoms with Gasteiger partial charge in [0.05, 0.1) is 11.8 Å². The maximum atomic E-state index is 12.9. The molecule has 1 aliphatic heterocycles. The molecule has 0 spiro atoms. The number of hydrogen-bond donors (Lipinski definition) is 1. The Balaban J connectivity index is 1.55. The van der Waals surface area contributed by atoms with Crippen molar-refractivity contribution in [1.82, 2.24) is 4.90 Å². The highest BCUT2D eigenvalue weighted by molar-refractivity contribution is 5.88. The van der Waals surface area contributed by atoms with E-state index < -0.39 is 11.9 Å². The SMILES string of the molecule is O=C(O)[C@@H]1CN(C(=O)C2Cc3ccccc32)C[C@@H]1c1ccccc1. The zero-order valence-electron chi connectivity index (χ0n) is 13.3. The Labute approximate surface area is 140 Å². The lowest BCUT2D eigenvalue weighted by Gasteiger charge is -2.32. The minimum atomic E-state index is -0.826. The molecule has 1 saturated heterocycles. The molecule has 2 aromatic rings. The van der Waals surface area contributed by atoms with E-state index in [4.69, 9.17) is 0 Å². The van der Waals surface area contributed by atoms with Crippen LogP contribution in [0.25, 0.3) is 0 Å². The van der Waals surface area contributed by atoms with Gasteiger partial charge in [0.25, 0.3) is 0 Å². The molecule has 24 heavy (non-hydrogen) atoms. The van der Waals surface area contributed by atoms with Crippen molar-refractivity contribution in [2.45, 2.75) is 18.3 Å². The number of amides is 1. The third-order valence-electron chi connectivity index (χ3n) is 5.33. The molecule has 1 heterocycles. The Morgan fingerprint density at radius 3 is 2.38 bits per heavy atom. The number of rotatable bonds is 3. The first-order valence-electron chi connectivity index (χ1n) is 8.29. The van der Waals surface area contributed by atoms with Gasteiger partial charge in [-0.15, -0.1) is 0 Å². The van der Waals surface area contributed by atoms with Crippen LogP contribution >= 0.6 is 0 Å². The number of carbonyl (C=O) groups is 2. The maximum absolute atomic E-state index is 12.9. The van der Waals surface area contributed by atoms with Gasteiger partial charge >= 0.3 is 5.97 Å². The Morgan fingerprint density at radius 2 is 1.67 bits per heavy atom. The van der Waals surface area contributed by atoms with Gasteiger partial charge in [0, 0.05) is 19.0 Å². The number of aliphatic carboxylic acids is 1. The molecule has 2 aliphatic rings. The van der Waals surface area contributed by atoms with Crippen LogP contribution < -0.4 is 0 Å². The van der Waals surface area contributed by atoms with E-state index in [9.17, 15) is 14.7 Å². The molecule has 1 amide bonds. The van der Waals surface area contributed by atoms with Crippen LogP contribution in [0.5, 0.6) is 0 Å². The molecule has 1 fully saturated rings. The largest absolute Gasteiger partial charge is 0.481 e. The van der Waals surface area contributed by atoms with E-state index in [-0.39, 0.29) is 17.7 Å². The summed E-state index contributed by atoms with van der Waals surface area (Å²) < 4.78 is 0. The Bertz CT molecular complexity index is 786. The number of carboxylic acids is 1. The normalized spacial score (nSPS) is 25.0. The smallest absolute Gasteiger partial charge is 0.308 e. The monoisotopic (exact) mass is 321 g/mol. The molecule has 4 nitrogen and oxygen atoms in total. The van der Waals surface area contributed by atoms with E-state index in [1.54, 1.807) is 4.90 Å². The van der Waals surface area contributed by atoms with Crippen LogP contribution in [0, 0.1) is 5.92 Å². The molecule has 3 atom stereocenters. The Kier molecular flexibility index (Phi) is 3.60. The van der Waals surface area contributed by atoms with Gasteiger partial charge in [-0.1, -0.05) is 54.6 Å². The molecule has 0 aromatic heterocycles. The first-order chi connectivity index (χ1) is 11.6. The molecular weight excluding hydrogens is 302 g/mol. The van der Waals surface area contributed by atoms with Gasteiger partial charge in [0.2, 0.25) is 5.91 Å². The lowest BCUT2D eigenvalue weighted by atomic mass is 9.77. The highest BCUT2D eigenvalue weighted by atomic mass is 16.4. The maximum Gasteiger partial charge on any atom is 0.308 e. The van der Waals surface area contributed by atoms with Crippen LogP contribution in [0.3, 0.4) is 0 Å². The molecule has 2 aromatic carbocycles. The van der Waals surface area contributed by atoms with E-state index in [0.29, 0.717) is 13.1 Å². The van der Waals surface area contributed by atoms with E-state index in [1.807, 2.05) is 48.5 Å². The summed E-state index contributed by atoms with van der Waals surface area (Å²) in [5.74, 6) is -1.54. The fraction of sp³-hybridized carbons (Fsp3) is 0.300. The summed E-state index contributed by atoms with van der Waals surface area (Å²) in [6.07, 6.45) is 0.763. The van der Waals surface area contributed by atoms with Crippen LogP contribution in [0.4, 0.5) is 0 Å². The van der Waals surface area contributed by atoms with E-state index in [1.165, 1.54) is 5.56 Å². The number of likely N-dealkylation sites (tertiary alicyclic amines) is 1. The summed E-state index contributed by atoms with van der Waals surface area (Å²) in [6.45, 7) is 0.783. The van der Waals surface area contributed by atoms with Crippen molar-refractivity contribution in [3.8, 4) is 0 Å². The molecule has 0 bridgehead atoms. The van der Waals surface area contributed by atoms with Crippen molar-refractivity contribution >= 4 is 11.9 Å². The van der Waals surface area contributed by atoms with Crippen molar-refractivity contribution in [3.63, 3.8) is 0 Å². The van der Waals surface area contributed by atoms with Crippen LogP contribution in [0.1, 0.15) is 28.5 Å². The molecule has 0 radical (unpaired) electrons. The van der Waals surface area contributed by atoms with Crippen LogP contribution in [0.15, 0.2) is 54.6 Å². The zero-order chi connectivity index (χ0) is 16.7. The fourth-order valence-electron chi connectivity index (χ4n) is 3.97. The topological polar surface area (TPSA) is 57.6 Å². The third-order valence-corrected chi connectivity index (χ3v) is 5.33. The minimum absolute atomic E-state index is 0.0679. The fourth-order valence-corrected chi connectivity index (χ4v) is 3.97. The average molecular weight is 321 g/mol. The lowest BCUT2D eigenvalue weighted by Crippen LogP contribution is -2.38. The summed E-state index contributed by atoms with van der Waals surface area (Å²) in [5.41, 5.74) is 3.32. The molecule has 122 valence electrons. The summed E-state index contributed by atoms with van der Waals surface area (Å²) in [7, 11) is 0. The van der Waals surface area contributed by atoms with Crippen molar-refractivity contribution in [1.29, 1.82) is 0 Å². The average Bonchev–Trinajstić information content (AvgIpc) is 3.02. The number of fused-ring (bicyclic) bond motifs is 1. The number of carbonyl (C=O) groups excluding carboxylic acids is 1. The third kappa shape index (κ3) is 2.39. The Hall–Kier alpha value is -2.62. The van der Waals surface area contributed by atoms with Gasteiger partial charge in [0.1, 0.15) is 0 Å². The molecule has 1 N–H and O–H groups in total. The van der Waals surface area contributed by atoms with Gasteiger partial charge in [0.15, 0.2) is 0 Å². The molecule has 1 unspecified atom stereocenters. The molecule has 0 saturated carbocycles. The number of nitrogens with zero attached hydrogens (tertiary/aromatic N) is 1. The molecular formula is C20H19NO3. The molecule has 4 rings (SSSR count). The van der Waals surface area contributed by atoms with Crippen molar-refractivity contribution < 1.29 is 14.7 Å². The summed E-state index contributed by atoms with van der Waals surface area (Å²) in [5, 5.41) is 9.57. The number of benzene rings is 2. The van der Waals surface area contributed by atoms with Gasteiger partial charge in [-0.05, 0) is 23.1 Å². The van der Waals surface area contributed by atoms with E-state index >= 15 is 0 Å². The van der Waals surface area contributed by atoms with E-state index in [2.05, 4.69) is 6.07 Å². The standard InChI is InChI=1S/C20H19NO3/c22-19(16-10-14-8-4-5-9-15(14)16)21-11-17(18(12-21)20(23)24)13-6-2-1-3-7-13/h1-9,16-18H,10-12H2,(H,23,24)/t16?,17-,18-/m1/s1. The molecule has 4 heteroatoms. The number of hydrogen-bond acceptors (Lipinski definition) is 2. The zero-order valence-corrected chi connectivity index (χ0v) is 13.3. The van der Waals surface area contributed by atoms with Crippen LogP contribution in [-0.2, 0) is 16.0 Å². The first-order valence-corrected chi connectivity index (χ1v) is 8.29. The highest BCUT2D eigenvalue weighted by Crippen LogP contribution is 2.39. The quantitative estimate of drug-likeness (QED) is 0.945. The molecule has 1 aliphatic carbocycles. The van der Waals surface area contributed by atoms with Gasteiger partial charge in [-0.2, -0.15) is 0 Å². The number of carboxylic acid groups (broad SMARTS) is 1. The second kappa shape index (κ2) is 5.78. The predicted molar refractivity (Wildman–Crippen MR) is 89.8 cm³/mol. The van der Waals surface area contributed by atoms with Crippen LogP contribution in [0.2, 0.25) is 0 Å². The lowest BCUT2D eigenvalue weighted by molar-refractivity contribution is -0.142. The van der Waals surface area contributed by atoms with Crippen molar-refractivity contribution in [2.75, 3.05) is 13.1 Å². The summed E-state index contributed by atoms with van der Waals surface area (Å²) in [6, 6.07) is 17.7. The Morgan fingerprint density at radius 1 is 0.958 bits per heavy atom. The van der Waals surface area contributed by atoms with Crippen LogP contribution in [-0.4, -0.2) is 35.0 Å². The second-order valence-corrected chi connectivity index (χ2v) is 6.66. The van der Waals surface area contributed by atoms with Gasteiger partial charge < -0.3 is 10.0 Å². The van der Waals surface area contributed by atoms with Gasteiger partial charge in [-0.3, -0.25) is 9.59 Å². The second-order valence-electron chi connectivity index (χ2n) is 6.66. The minimum Gasteiger partial charge on any atom is -0.481 e.